The van der Waals surface area contributed by atoms with Crippen molar-refractivity contribution in [1.29, 1.82) is 0 Å². The number of rotatable bonds is 3. The van der Waals surface area contributed by atoms with E-state index in [1.165, 1.54) is 5.56 Å². The normalized spacial score (nSPS) is 12.5. The highest BCUT2D eigenvalue weighted by atomic mass is 16.1. The third-order valence-corrected chi connectivity index (χ3v) is 2.92. The Hall–Kier alpha value is -1.31. The van der Waals surface area contributed by atoms with E-state index in [2.05, 4.69) is 34.6 Å². The molecule has 0 spiro atoms. The van der Waals surface area contributed by atoms with Gasteiger partial charge in [0.1, 0.15) is 0 Å². The zero-order valence-corrected chi connectivity index (χ0v) is 11.5. The van der Waals surface area contributed by atoms with Crippen LogP contribution in [0.4, 0.5) is 0 Å². The van der Waals surface area contributed by atoms with Gasteiger partial charge in [-0.3, -0.25) is 4.79 Å². The molecule has 0 saturated carbocycles. The van der Waals surface area contributed by atoms with Crippen LogP contribution < -0.4 is 5.73 Å². The zero-order valence-electron chi connectivity index (χ0n) is 11.5. The second-order valence-corrected chi connectivity index (χ2v) is 6.56. The van der Waals surface area contributed by atoms with E-state index >= 15 is 0 Å². The standard InChI is InChI=1S/C15H23NO/c1-14(2,3)10-15(4,5)12-8-6-11(7-9-12)13(16)17/h6-9H,10H2,1-5H3,(H2,16,17). The number of amides is 1. The van der Waals surface area contributed by atoms with Crippen LogP contribution >= 0.6 is 0 Å². The molecule has 1 amide bonds. The highest BCUT2D eigenvalue weighted by Gasteiger charge is 2.27. The molecular weight excluding hydrogens is 210 g/mol. The van der Waals surface area contributed by atoms with E-state index in [0.29, 0.717) is 5.56 Å². The Morgan fingerprint density at radius 2 is 1.53 bits per heavy atom. The van der Waals surface area contributed by atoms with Gasteiger partial charge in [0.05, 0.1) is 0 Å². The van der Waals surface area contributed by atoms with Crippen LogP contribution in [0.15, 0.2) is 24.3 Å². The minimum Gasteiger partial charge on any atom is -0.366 e. The summed E-state index contributed by atoms with van der Waals surface area (Å²) >= 11 is 0. The summed E-state index contributed by atoms with van der Waals surface area (Å²) in [4.78, 5) is 11.0. The molecule has 2 nitrogen and oxygen atoms in total. The maximum atomic E-state index is 11.0. The molecule has 0 radical (unpaired) electrons. The van der Waals surface area contributed by atoms with Crippen LogP contribution in [0, 0.1) is 5.41 Å². The van der Waals surface area contributed by atoms with Crippen LogP contribution in [0.5, 0.6) is 0 Å². The fraction of sp³-hybridized carbons (Fsp3) is 0.533. The number of primary amides is 1. The van der Waals surface area contributed by atoms with Crippen molar-refractivity contribution < 1.29 is 4.79 Å². The summed E-state index contributed by atoms with van der Waals surface area (Å²) in [6.45, 7) is 11.2. The molecule has 2 heteroatoms. The van der Waals surface area contributed by atoms with E-state index in [0.717, 1.165) is 6.42 Å². The van der Waals surface area contributed by atoms with Gasteiger partial charge in [0.25, 0.3) is 0 Å². The van der Waals surface area contributed by atoms with Crippen molar-refractivity contribution in [2.24, 2.45) is 11.1 Å². The van der Waals surface area contributed by atoms with E-state index in [4.69, 9.17) is 5.73 Å². The third kappa shape index (κ3) is 3.88. The van der Waals surface area contributed by atoms with Crippen LogP contribution in [-0.4, -0.2) is 5.91 Å². The second-order valence-electron chi connectivity index (χ2n) is 6.56. The van der Waals surface area contributed by atoms with Gasteiger partial charge in [-0.15, -0.1) is 0 Å². The molecule has 0 aliphatic rings. The summed E-state index contributed by atoms with van der Waals surface area (Å²) in [6, 6.07) is 7.63. The topological polar surface area (TPSA) is 43.1 Å². The first-order valence-corrected chi connectivity index (χ1v) is 6.02. The van der Waals surface area contributed by atoms with Gasteiger partial charge in [-0.05, 0) is 34.9 Å². The third-order valence-electron chi connectivity index (χ3n) is 2.92. The van der Waals surface area contributed by atoms with Crippen molar-refractivity contribution in [3.05, 3.63) is 35.4 Å². The van der Waals surface area contributed by atoms with Gasteiger partial charge >= 0.3 is 0 Å². The van der Waals surface area contributed by atoms with Gasteiger partial charge in [0.15, 0.2) is 0 Å². The van der Waals surface area contributed by atoms with Gasteiger partial charge in [-0.25, -0.2) is 0 Å². The Labute approximate surface area is 104 Å². The van der Waals surface area contributed by atoms with Crippen molar-refractivity contribution in [3.63, 3.8) is 0 Å². The average molecular weight is 233 g/mol. The molecule has 0 atom stereocenters. The van der Waals surface area contributed by atoms with Crippen LogP contribution in [0.1, 0.15) is 57.0 Å². The maximum Gasteiger partial charge on any atom is 0.248 e. The number of carbonyl (C=O) groups excluding carboxylic acids is 1. The predicted molar refractivity (Wildman–Crippen MR) is 72.1 cm³/mol. The average Bonchev–Trinajstić information content (AvgIpc) is 2.14. The number of benzene rings is 1. The molecule has 0 aliphatic carbocycles. The van der Waals surface area contributed by atoms with Gasteiger partial charge in [0, 0.05) is 5.56 Å². The van der Waals surface area contributed by atoms with Crippen LogP contribution in [0.25, 0.3) is 0 Å². The lowest BCUT2D eigenvalue weighted by molar-refractivity contribution is 0.1000. The van der Waals surface area contributed by atoms with Gasteiger partial charge < -0.3 is 5.73 Å². The summed E-state index contributed by atoms with van der Waals surface area (Å²) in [5.41, 5.74) is 7.44. The first-order chi connectivity index (χ1) is 7.62. The smallest absolute Gasteiger partial charge is 0.248 e. The monoisotopic (exact) mass is 233 g/mol. The van der Waals surface area contributed by atoms with Crippen LogP contribution in [0.2, 0.25) is 0 Å². The van der Waals surface area contributed by atoms with Crippen molar-refractivity contribution in [1.82, 2.24) is 0 Å². The summed E-state index contributed by atoms with van der Waals surface area (Å²) in [6.07, 6.45) is 1.09. The fourth-order valence-corrected chi connectivity index (χ4v) is 2.51. The lowest BCUT2D eigenvalue weighted by Gasteiger charge is -2.33. The minimum atomic E-state index is -0.370. The zero-order chi connectivity index (χ0) is 13.3. The predicted octanol–water partition coefficient (Wildman–Crippen LogP) is 3.50. The SMILES string of the molecule is CC(C)(C)CC(C)(C)c1ccc(C(N)=O)cc1. The van der Waals surface area contributed by atoms with Gasteiger partial charge in [0.2, 0.25) is 5.91 Å². The lowest BCUT2D eigenvalue weighted by Crippen LogP contribution is -2.25. The van der Waals surface area contributed by atoms with E-state index < -0.39 is 0 Å². The first kappa shape index (κ1) is 13.8. The molecule has 0 aromatic heterocycles. The second kappa shape index (κ2) is 4.52. The molecule has 0 saturated heterocycles. The molecule has 0 aliphatic heterocycles. The minimum absolute atomic E-state index is 0.106. The molecular formula is C15H23NO. The number of carbonyl (C=O) groups is 1. The molecule has 1 aromatic rings. The van der Waals surface area contributed by atoms with Crippen molar-refractivity contribution in [3.8, 4) is 0 Å². The Morgan fingerprint density at radius 1 is 1.06 bits per heavy atom. The van der Waals surface area contributed by atoms with E-state index in [1.807, 2.05) is 24.3 Å². The molecule has 0 fully saturated rings. The Kier molecular flexibility index (Phi) is 3.65. The van der Waals surface area contributed by atoms with Crippen molar-refractivity contribution in [2.45, 2.75) is 46.5 Å². The molecule has 0 heterocycles. The summed E-state index contributed by atoms with van der Waals surface area (Å²) in [5.74, 6) is -0.370. The van der Waals surface area contributed by atoms with Crippen molar-refractivity contribution >= 4 is 5.91 Å². The maximum absolute atomic E-state index is 11.0. The quantitative estimate of drug-likeness (QED) is 0.853. The molecule has 1 rings (SSSR count). The first-order valence-electron chi connectivity index (χ1n) is 6.02. The number of hydrogen-bond acceptors (Lipinski definition) is 1. The van der Waals surface area contributed by atoms with Gasteiger partial charge in [-0.1, -0.05) is 46.8 Å². The molecule has 0 bridgehead atoms. The Balaban J connectivity index is 2.96. The van der Waals surface area contributed by atoms with Crippen LogP contribution in [-0.2, 0) is 5.41 Å². The number of hydrogen-bond donors (Lipinski definition) is 1. The van der Waals surface area contributed by atoms with Crippen LogP contribution in [0.3, 0.4) is 0 Å². The lowest BCUT2D eigenvalue weighted by atomic mass is 9.72. The number of nitrogens with two attached hydrogens (primary N) is 1. The van der Waals surface area contributed by atoms with Crippen molar-refractivity contribution in [2.75, 3.05) is 0 Å². The molecule has 2 N–H and O–H groups in total. The molecule has 94 valence electrons. The molecule has 17 heavy (non-hydrogen) atoms. The van der Waals surface area contributed by atoms with E-state index in [1.54, 1.807) is 0 Å². The molecule has 0 unspecified atom stereocenters. The summed E-state index contributed by atoms with van der Waals surface area (Å²) in [5, 5.41) is 0. The van der Waals surface area contributed by atoms with E-state index in [9.17, 15) is 4.79 Å². The Morgan fingerprint density at radius 3 is 1.88 bits per heavy atom. The fourth-order valence-electron chi connectivity index (χ4n) is 2.51. The summed E-state index contributed by atoms with van der Waals surface area (Å²) < 4.78 is 0. The highest BCUT2D eigenvalue weighted by molar-refractivity contribution is 5.92. The Bertz CT molecular complexity index is 396. The van der Waals surface area contributed by atoms with Gasteiger partial charge in [-0.2, -0.15) is 0 Å². The highest BCUT2D eigenvalue weighted by Crippen LogP contribution is 2.36. The summed E-state index contributed by atoms with van der Waals surface area (Å²) in [7, 11) is 0. The largest absolute Gasteiger partial charge is 0.366 e. The van der Waals surface area contributed by atoms with E-state index in [-0.39, 0.29) is 16.7 Å². The molecule has 1 aromatic carbocycles.